The Labute approximate surface area is 272 Å². The summed E-state index contributed by atoms with van der Waals surface area (Å²) in [5, 5.41) is 9.75. The predicted molar refractivity (Wildman–Crippen MR) is 169 cm³/mol. The van der Waals surface area contributed by atoms with E-state index in [1.165, 1.54) is 7.11 Å². The monoisotopic (exact) mass is 650 g/mol. The van der Waals surface area contributed by atoms with Gasteiger partial charge >= 0.3 is 11.9 Å². The van der Waals surface area contributed by atoms with Crippen LogP contribution in [0.15, 0.2) is 60.7 Å². The van der Waals surface area contributed by atoms with Gasteiger partial charge in [-0.2, -0.15) is 0 Å². The molecule has 0 unspecified atom stereocenters. The van der Waals surface area contributed by atoms with Gasteiger partial charge in [-0.3, -0.25) is 9.59 Å². The summed E-state index contributed by atoms with van der Waals surface area (Å²) in [5.41, 5.74) is -0.0604. The van der Waals surface area contributed by atoms with Crippen LogP contribution < -0.4 is 0 Å². The first kappa shape index (κ1) is 39.2. The first-order chi connectivity index (χ1) is 22.6. The second-order valence-electron chi connectivity index (χ2n) is 10.1. The van der Waals surface area contributed by atoms with Gasteiger partial charge in [-0.15, -0.1) is 0 Å². The van der Waals surface area contributed by atoms with Crippen LogP contribution in [-0.4, -0.2) is 130 Å². The first-order valence-electron chi connectivity index (χ1n) is 15.6. The average molecular weight is 651 g/mol. The first-order valence-corrected chi connectivity index (χ1v) is 15.6. The van der Waals surface area contributed by atoms with E-state index in [0.717, 1.165) is 11.1 Å². The van der Waals surface area contributed by atoms with Gasteiger partial charge in [-0.25, -0.2) is 0 Å². The van der Waals surface area contributed by atoms with Gasteiger partial charge in [0.25, 0.3) is 0 Å². The van der Waals surface area contributed by atoms with Crippen molar-refractivity contribution >= 4 is 11.9 Å². The van der Waals surface area contributed by atoms with Crippen molar-refractivity contribution in [3.63, 3.8) is 0 Å². The summed E-state index contributed by atoms with van der Waals surface area (Å²) in [5.74, 6) is -1.90. The van der Waals surface area contributed by atoms with Crippen LogP contribution in [0.5, 0.6) is 0 Å². The number of hydrogen-bond donors (Lipinski definition) is 1. The van der Waals surface area contributed by atoms with Crippen LogP contribution in [0, 0.1) is 5.41 Å². The summed E-state index contributed by atoms with van der Waals surface area (Å²) in [7, 11) is 1.22. The second-order valence-corrected chi connectivity index (χ2v) is 10.1. The number of ether oxygens (including phenoxy) is 9. The molecule has 2 aliphatic heterocycles. The molecule has 2 saturated heterocycles. The Morgan fingerprint density at radius 3 is 0.957 bits per heavy atom. The molecular formula is C34H50O12. The van der Waals surface area contributed by atoms with Gasteiger partial charge in [0.05, 0.1) is 113 Å². The molecule has 2 aliphatic rings. The molecule has 2 aromatic carbocycles. The molecule has 12 nitrogen and oxygen atoms in total. The van der Waals surface area contributed by atoms with E-state index in [0.29, 0.717) is 106 Å². The van der Waals surface area contributed by atoms with Crippen molar-refractivity contribution in [1.29, 1.82) is 0 Å². The number of esters is 1. The highest BCUT2D eigenvalue weighted by Gasteiger charge is 2.47. The van der Waals surface area contributed by atoms with E-state index in [1.54, 1.807) is 0 Å². The van der Waals surface area contributed by atoms with Gasteiger partial charge < -0.3 is 47.7 Å². The summed E-state index contributed by atoms with van der Waals surface area (Å²) < 4.78 is 46.5. The fourth-order valence-corrected chi connectivity index (χ4v) is 4.29. The van der Waals surface area contributed by atoms with Gasteiger partial charge in [-0.1, -0.05) is 60.7 Å². The maximum atomic E-state index is 12.3. The molecule has 0 saturated carbocycles. The molecule has 0 bridgehead atoms. The minimum atomic E-state index is -1.63. The van der Waals surface area contributed by atoms with E-state index in [1.807, 2.05) is 60.7 Å². The lowest BCUT2D eigenvalue weighted by Crippen LogP contribution is -2.44. The van der Waals surface area contributed by atoms with Crippen molar-refractivity contribution in [2.75, 3.05) is 113 Å². The Balaban J connectivity index is 0.000000261. The van der Waals surface area contributed by atoms with E-state index < -0.39 is 17.4 Å². The Morgan fingerprint density at radius 2 is 0.761 bits per heavy atom. The molecule has 258 valence electrons. The molecule has 1 N–H and O–H groups in total. The summed E-state index contributed by atoms with van der Waals surface area (Å²) >= 11 is 0. The molecule has 0 aromatic heterocycles. The van der Waals surface area contributed by atoms with Crippen LogP contribution >= 0.6 is 0 Å². The third-order valence-corrected chi connectivity index (χ3v) is 6.66. The molecule has 0 radical (unpaired) electrons. The largest absolute Gasteiger partial charge is 0.480 e. The quantitative estimate of drug-likeness (QED) is 0.364. The van der Waals surface area contributed by atoms with E-state index in [2.05, 4.69) is 0 Å². The van der Waals surface area contributed by atoms with Gasteiger partial charge in [0.2, 0.25) is 0 Å². The fourth-order valence-electron chi connectivity index (χ4n) is 4.29. The minimum Gasteiger partial charge on any atom is -0.480 e. The lowest BCUT2D eigenvalue weighted by Gasteiger charge is -2.27. The summed E-state index contributed by atoms with van der Waals surface area (Å²) in [6.45, 7) is 10.3. The molecule has 0 amide bonds. The molecule has 2 aromatic rings. The third-order valence-electron chi connectivity index (χ3n) is 6.66. The highest BCUT2D eigenvalue weighted by Crippen LogP contribution is 2.30. The van der Waals surface area contributed by atoms with Crippen molar-refractivity contribution in [2.24, 2.45) is 5.41 Å². The number of carboxylic acid groups (broad SMARTS) is 1. The van der Waals surface area contributed by atoms with Gasteiger partial charge in [0, 0.05) is 0 Å². The van der Waals surface area contributed by atoms with E-state index >= 15 is 0 Å². The Morgan fingerprint density at radius 1 is 0.522 bits per heavy atom. The van der Waals surface area contributed by atoms with Crippen molar-refractivity contribution in [3.05, 3.63) is 71.8 Å². The summed E-state index contributed by atoms with van der Waals surface area (Å²) in [6, 6.07) is 18.2. The Bertz CT molecular complexity index is 870. The molecule has 0 aliphatic carbocycles. The van der Waals surface area contributed by atoms with Crippen LogP contribution in [0.2, 0.25) is 0 Å². The zero-order chi connectivity index (χ0) is 33.0. The molecule has 0 spiro atoms. The number of rotatable bonds is 6. The van der Waals surface area contributed by atoms with Crippen LogP contribution in [-0.2, 0) is 65.1 Å². The van der Waals surface area contributed by atoms with Crippen molar-refractivity contribution in [2.45, 2.75) is 12.8 Å². The highest BCUT2D eigenvalue weighted by molar-refractivity contribution is 5.99. The predicted octanol–water partition coefficient (Wildman–Crippen LogP) is 2.85. The number of carbonyl (C=O) groups excluding carboxylic acids is 1. The molecule has 0 atom stereocenters. The average Bonchev–Trinajstić information content (AvgIpc) is 3.06. The lowest BCUT2D eigenvalue weighted by molar-refractivity contribution is -0.167. The normalized spacial score (nSPS) is 17.8. The van der Waals surface area contributed by atoms with Gasteiger partial charge in [0.15, 0.2) is 5.41 Å². The molecule has 4 rings (SSSR count). The van der Waals surface area contributed by atoms with E-state index in [9.17, 15) is 14.7 Å². The number of carboxylic acids is 1. The van der Waals surface area contributed by atoms with Gasteiger partial charge in [-0.05, 0) is 24.0 Å². The summed E-state index contributed by atoms with van der Waals surface area (Å²) in [6.07, 6.45) is 0.176. The van der Waals surface area contributed by atoms with Crippen molar-refractivity contribution < 1.29 is 57.3 Å². The van der Waals surface area contributed by atoms with E-state index in [4.69, 9.17) is 42.6 Å². The van der Waals surface area contributed by atoms with E-state index in [-0.39, 0.29) is 12.8 Å². The Kier molecular flexibility index (Phi) is 22.3. The molecular weight excluding hydrogens is 600 g/mol. The number of benzene rings is 2. The maximum absolute atomic E-state index is 12.3. The maximum Gasteiger partial charge on any atom is 0.323 e. The lowest BCUT2D eigenvalue weighted by atomic mass is 9.76. The fraction of sp³-hybridized carbons (Fsp3) is 0.588. The number of hydrogen-bond acceptors (Lipinski definition) is 11. The van der Waals surface area contributed by atoms with Crippen LogP contribution in [0.25, 0.3) is 0 Å². The zero-order valence-corrected chi connectivity index (χ0v) is 26.9. The van der Waals surface area contributed by atoms with Crippen LogP contribution in [0.1, 0.15) is 11.1 Å². The smallest absolute Gasteiger partial charge is 0.323 e. The molecule has 2 fully saturated rings. The molecule has 12 heteroatoms. The topological polar surface area (TPSA) is 137 Å². The second kappa shape index (κ2) is 26.2. The SMILES string of the molecule is C1COCCOCCOCCO1.C1COCCOCCOCCO1.COC(=O)C(Cc1ccccc1)(Cc1ccccc1)C(=O)O. The van der Waals surface area contributed by atoms with Crippen molar-refractivity contribution in [3.8, 4) is 0 Å². The third kappa shape index (κ3) is 17.7. The molecule has 46 heavy (non-hydrogen) atoms. The number of aliphatic carboxylic acids is 1. The zero-order valence-electron chi connectivity index (χ0n) is 26.9. The number of carbonyl (C=O) groups is 2. The highest BCUT2D eigenvalue weighted by atomic mass is 16.6. The Hall–Kier alpha value is -2.94. The summed E-state index contributed by atoms with van der Waals surface area (Å²) in [4.78, 5) is 24.2. The van der Waals surface area contributed by atoms with Crippen molar-refractivity contribution in [1.82, 2.24) is 0 Å². The standard InChI is InChI=1S/C18H18O4.2C8H16O4/c1-22-17(21)18(16(19)20,12-14-8-4-2-5-9-14)13-15-10-6-3-7-11-15;2*1-2-10-5-6-12-8-7-11-4-3-9-1/h2-11H,12-13H2,1H3,(H,19,20);2*1-8H2. The van der Waals surface area contributed by atoms with Crippen LogP contribution in [0.4, 0.5) is 0 Å². The minimum absolute atomic E-state index is 0.0880. The number of methoxy groups -OCH3 is 1. The van der Waals surface area contributed by atoms with Crippen LogP contribution in [0.3, 0.4) is 0 Å². The molecule has 2 heterocycles. The van der Waals surface area contributed by atoms with Gasteiger partial charge in [0.1, 0.15) is 0 Å².